The van der Waals surface area contributed by atoms with Gasteiger partial charge in [0.25, 0.3) is 0 Å². The molecule has 20 heavy (non-hydrogen) atoms. The molecule has 0 bridgehead atoms. The maximum Gasteiger partial charge on any atom is 0.407 e. The van der Waals surface area contributed by atoms with Crippen molar-refractivity contribution in [2.75, 3.05) is 26.4 Å². The number of rotatable bonds is 11. The Morgan fingerprint density at radius 2 is 1.90 bits per heavy atom. The largest absolute Gasteiger partial charge is 0.447 e. The van der Waals surface area contributed by atoms with E-state index in [9.17, 15) is 9.59 Å². The number of unbranched alkanes of at least 4 members (excludes halogenated alkanes) is 1. The highest BCUT2D eigenvalue weighted by molar-refractivity contribution is 5.75. The molecule has 118 valence electrons. The highest BCUT2D eigenvalue weighted by atomic mass is 16.6. The third kappa shape index (κ3) is 11.8. The van der Waals surface area contributed by atoms with Crippen LogP contribution in [0.4, 0.5) is 4.79 Å². The van der Waals surface area contributed by atoms with Crippen LogP contribution in [0.3, 0.4) is 0 Å². The quantitative estimate of drug-likeness (QED) is 0.569. The van der Waals surface area contributed by atoms with Crippen molar-refractivity contribution < 1.29 is 19.1 Å². The zero-order valence-corrected chi connectivity index (χ0v) is 12.9. The normalized spacial score (nSPS) is 11.8. The van der Waals surface area contributed by atoms with Crippen molar-refractivity contribution in [1.82, 2.24) is 10.6 Å². The van der Waals surface area contributed by atoms with E-state index in [1.807, 2.05) is 20.8 Å². The van der Waals surface area contributed by atoms with Crippen molar-refractivity contribution in [2.24, 2.45) is 0 Å². The molecule has 0 spiro atoms. The molecule has 0 aromatic rings. The Balaban J connectivity index is 3.38. The summed E-state index contributed by atoms with van der Waals surface area (Å²) in [5.74, 6) is 0.0773. The molecule has 0 rings (SSSR count). The van der Waals surface area contributed by atoms with Gasteiger partial charge in [-0.2, -0.15) is 0 Å². The number of amides is 2. The second kappa shape index (κ2) is 12.7. The Kier molecular flexibility index (Phi) is 11.9. The van der Waals surface area contributed by atoms with Crippen LogP contribution in [0.1, 0.15) is 46.5 Å². The molecule has 0 radical (unpaired) electrons. The Hall–Kier alpha value is -1.30. The molecular weight excluding hydrogens is 260 g/mol. The lowest BCUT2D eigenvalue weighted by Crippen LogP contribution is -2.32. The summed E-state index contributed by atoms with van der Waals surface area (Å²) in [7, 11) is 0. The Morgan fingerprint density at radius 1 is 1.15 bits per heavy atom. The van der Waals surface area contributed by atoms with E-state index < -0.39 is 6.09 Å². The molecule has 0 aromatic heterocycles. The summed E-state index contributed by atoms with van der Waals surface area (Å²) in [6, 6.07) is 0.181. The molecular formula is C14H28N2O4. The van der Waals surface area contributed by atoms with Crippen LogP contribution in [0.25, 0.3) is 0 Å². The third-order valence-electron chi connectivity index (χ3n) is 2.73. The van der Waals surface area contributed by atoms with E-state index in [1.165, 1.54) is 0 Å². The van der Waals surface area contributed by atoms with Crippen molar-refractivity contribution in [3.8, 4) is 0 Å². The predicted octanol–water partition coefficient (Wildman–Crippen LogP) is 1.83. The highest BCUT2D eigenvalue weighted by Crippen LogP contribution is 2.00. The minimum absolute atomic E-state index is 0.0773. The summed E-state index contributed by atoms with van der Waals surface area (Å²) < 4.78 is 9.96. The molecule has 0 aromatic carbocycles. The number of carbonyl (C=O) groups is 2. The molecule has 1 atom stereocenters. The van der Waals surface area contributed by atoms with E-state index in [2.05, 4.69) is 10.6 Å². The summed E-state index contributed by atoms with van der Waals surface area (Å²) >= 11 is 0. The SMILES string of the molecule is CCOCCOC(=O)NCCCCC(C)NC(=O)CC. The lowest BCUT2D eigenvalue weighted by Gasteiger charge is -2.13. The van der Waals surface area contributed by atoms with E-state index in [0.717, 1.165) is 19.3 Å². The van der Waals surface area contributed by atoms with E-state index in [-0.39, 0.29) is 18.6 Å². The predicted molar refractivity (Wildman–Crippen MR) is 77.6 cm³/mol. The molecule has 6 nitrogen and oxygen atoms in total. The van der Waals surface area contributed by atoms with Crippen LogP contribution >= 0.6 is 0 Å². The van der Waals surface area contributed by atoms with Gasteiger partial charge in [-0.25, -0.2) is 4.79 Å². The molecule has 0 aliphatic heterocycles. The van der Waals surface area contributed by atoms with Crippen molar-refractivity contribution in [3.05, 3.63) is 0 Å². The second-order valence-corrected chi connectivity index (χ2v) is 4.58. The Labute approximate surface area is 121 Å². The summed E-state index contributed by atoms with van der Waals surface area (Å²) in [4.78, 5) is 22.4. The molecule has 0 heterocycles. The molecule has 0 fully saturated rings. The summed E-state index contributed by atoms with van der Waals surface area (Å²) in [5, 5.41) is 5.59. The van der Waals surface area contributed by atoms with Crippen LogP contribution in [-0.4, -0.2) is 44.4 Å². The van der Waals surface area contributed by atoms with E-state index in [1.54, 1.807) is 0 Å². The smallest absolute Gasteiger partial charge is 0.407 e. The molecule has 2 amide bonds. The van der Waals surface area contributed by atoms with Gasteiger partial charge in [0, 0.05) is 25.6 Å². The lowest BCUT2D eigenvalue weighted by molar-refractivity contribution is -0.121. The van der Waals surface area contributed by atoms with Gasteiger partial charge in [-0.15, -0.1) is 0 Å². The number of alkyl carbamates (subject to hydrolysis) is 1. The van der Waals surface area contributed by atoms with Gasteiger partial charge in [-0.3, -0.25) is 4.79 Å². The highest BCUT2D eigenvalue weighted by Gasteiger charge is 2.05. The lowest BCUT2D eigenvalue weighted by atomic mass is 10.1. The minimum atomic E-state index is -0.406. The first-order valence-corrected chi connectivity index (χ1v) is 7.37. The number of carbonyl (C=O) groups excluding carboxylic acids is 2. The van der Waals surface area contributed by atoms with Crippen LogP contribution in [0.15, 0.2) is 0 Å². The van der Waals surface area contributed by atoms with Crippen LogP contribution in [0, 0.1) is 0 Å². The summed E-state index contributed by atoms with van der Waals surface area (Å²) in [5.41, 5.74) is 0. The molecule has 2 N–H and O–H groups in total. The Bertz CT molecular complexity index is 272. The zero-order valence-electron chi connectivity index (χ0n) is 12.9. The first-order valence-electron chi connectivity index (χ1n) is 7.37. The average molecular weight is 288 g/mol. The first-order chi connectivity index (χ1) is 9.60. The second-order valence-electron chi connectivity index (χ2n) is 4.58. The van der Waals surface area contributed by atoms with Gasteiger partial charge in [0.1, 0.15) is 6.61 Å². The average Bonchev–Trinajstić information content (AvgIpc) is 2.43. The minimum Gasteiger partial charge on any atom is -0.447 e. The summed E-state index contributed by atoms with van der Waals surface area (Å²) in [6.07, 6.45) is 2.83. The molecule has 0 aliphatic carbocycles. The number of hydrogen-bond donors (Lipinski definition) is 2. The van der Waals surface area contributed by atoms with Gasteiger partial charge in [0.05, 0.1) is 6.61 Å². The number of ether oxygens (including phenoxy) is 2. The number of hydrogen-bond acceptors (Lipinski definition) is 4. The fourth-order valence-corrected chi connectivity index (χ4v) is 1.60. The Morgan fingerprint density at radius 3 is 2.55 bits per heavy atom. The molecule has 0 aliphatic rings. The van der Waals surface area contributed by atoms with Crippen molar-refractivity contribution in [2.45, 2.75) is 52.5 Å². The van der Waals surface area contributed by atoms with E-state index >= 15 is 0 Å². The first kappa shape index (κ1) is 18.7. The van der Waals surface area contributed by atoms with Crippen molar-refractivity contribution in [1.29, 1.82) is 0 Å². The van der Waals surface area contributed by atoms with Crippen LogP contribution in [0.2, 0.25) is 0 Å². The maximum absolute atomic E-state index is 11.2. The van der Waals surface area contributed by atoms with Gasteiger partial charge in [-0.05, 0) is 33.1 Å². The van der Waals surface area contributed by atoms with Gasteiger partial charge in [0.2, 0.25) is 5.91 Å². The standard InChI is InChI=1S/C14H28N2O4/c1-4-13(17)16-12(3)8-6-7-9-15-14(18)20-11-10-19-5-2/h12H,4-11H2,1-3H3,(H,15,18)(H,16,17). The summed E-state index contributed by atoms with van der Waals surface area (Å²) in [6.45, 7) is 7.63. The zero-order chi connectivity index (χ0) is 15.2. The topological polar surface area (TPSA) is 76.7 Å². The van der Waals surface area contributed by atoms with E-state index in [4.69, 9.17) is 9.47 Å². The molecule has 1 unspecified atom stereocenters. The van der Waals surface area contributed by atoms with Crippen LogP contribution < -0.4 is 10.6 Å². The fourth-order valence-electron chi connectivity index (χ4n) is 1.60. The monoisotopic (exact) mass is 288 g/mol. The van der Waals surface area contributed by atoms with Gasteiger partial charge >= 0.3 is 6.09 Å². The van der Waals surface area contributed by atoms with E-state index in [0.29, 0.717) is 26.2 Å². The van der Waals surface area contributed by atoms with Crippen molar-refractivity contribution in [3.63, 3.8) is 0 Å². The number of nitrogens with one attached hydrogen (secondary N) is 2. The van der Waals surface area contributed by atoms with Gasteiger partial charge < -0.3 is 20.1 Å². The van der Waals surface area contributed by atoms with Gasteiger partial charge in [-0.1, -0.05) is 6.92 Å². The molecule has 0 saturated heterocycles. The molecule has 6 heteroatoms. The third-order valence-corrected chi connectivity index (χ3v) is 2.73. The van der Waals surface area contributed by atoms with Gasteiger partial charge in [0.15, 0.2) is 0 Å². The van der Waals surface area contributed by atoms with Crippen LogP contribution in [-0.2, 0) is 14.3 Å². The maximum atomic E-state index is 11.2. The molecule has 0 saturated carbocycles. The van der Waals surface area contributed by atoms with Crippen molar-refractivity contribution >= 4 is 12.0 Å². The van der Waals surface area contributed by atoms with Crippen LogP contribution in [0.5, 0.6) is 0 Å². The fraction of sp³-hybridized carbons (Fsp3) is 0.857.